The number of esters is 1. The second-order valence-electron chi connectivity index (χ2n) is 6.25. The second kappa shape index (κ2) is 9.47. The zero-order chi connectivity index (χ0) is 19.1. The number of hydrogen-bond acceptors (Lipinski definition) is 5. The van der Waals surface area contributed by atoms with Crippen LogP contribution >= 0.6 is 11.8 Å². The van der Waals surface area contributed by atoms with Gasteiger partial charge in [0.1, 0.15) is 6.04 Å². The van der Waals surface area contributed by atoms with Crippen molar-refractivity contribution in [2.45, 2.75) is 44.8 Å². The Morgan fingerprint density at radius 3 is 2.69 bits per heavy atom. The smallest absolute Gasteiger partial charge is 0.329 e. The molecule has 0 unspecified atom stereocenters. The number of hydrogen-bond donors (Lipinski definition) is 3. The molecule has 1 aromatic rings. The van der Waals surface area contributed by atoms with E-state index in [1.165, 1.54) is 29.8 Å². The first-order valence-corrected chi connectivity index (χ1v) is 9.98. The molecule has 0 radical (unpaired) electrons. The van der Waals surface area contributed by atoms with E-state index >= 15 is 0 Å². The van der Waals surface area contributed by atoms with Crippen molar-refractivity contribution in [2.75, 3.05) is 17.3 Å². The van der Waals surface area contributed by atoms with Gasteiger partial charge < -0.3 is 21.1 Å². The van der Waals surface area contributed by atoms with Gasteiger partial charge in [-0.25, -0.2) is 9.59 Å². The fraction of sp³-hybridized carbons (Fsp3) is 0.500. The van der Waals surface area contributed by atoms with E-state index in [2.05, 4.69) is 10.6 Å². The van der Waals surface area contributed by atoms with E-state index in [0.29, 0.717) is 17.9 Å². The molecule has 1 aromatic carbocycles. The molecule has 1 aliphatic rings. The molecule has 7 nitrogen and oxygen atoms in total. The van der Waals surface area contributed by atoms with Gasteiger partial charge >= 0.3 is 12.0 Å². The molecular weight excluding hydrogens is 354 g/mol. The Hall–Kier alpha value is -2.22. The highest BCUT2D eigenvalue weighted by Gasteiger charge is 2.26. The van der Waals surface area contributed by atoms with Crippen molar-refractivity contribution >= 4 is 35.4 Å². The standard InChI is InChI=1S/C18H25N3O4S/c1-11(25-17(23)15(8-9-26-2)21-18(19)24)16(22)20-14-7-6-12-4-3-5-13(12)10-14/h6-7,10-11,15H,3-5,8-9H2,1-2H3,(H,20,22)(H3,19,21,24)/t11-,15-/m0/s1. The first-order valence-electron chi connectivity index (χ1n) is 8.58. The minimum Gasteiger partial charge on any atom is -0.451 e. The number of primary amides is 1. The molecule has 2 atom stereocenters. The monoisotopic (exact) mass is 379 g/mol. The lowest BCUT2D eigenvalue weighted by Crippen LogP contribution is -2.46. The van der Waals surface area contributed by atoms with Gasteiger partial charge in [-0.3, -0.25) is 4.79 Å². The Labute approximate surface area is 157 Å². The van der Waals surface area contributed by atoms with Crippen molar-refractivity contribution in [3.63, 3.8) is 0 Å². The third-order valence-corrected chi connectivity index (χ3v) is 4.88. The first kappa shape index (κ1) is 20.1. The van der Waals surface area contributed by atoms with Crippen LogP contribution in [0.4, 0.5) is 10.5 Å². The third kappa shape index (κ3) is 5.66. The summed E-state index contributed by atoms with van der Waals surface area (Å²) in [5.74, 6) is -0.441. The van der Waals surface area contributed by atoms with Crippen LogP contribution in [-0.2, 0) is 27.2 Å². The highest BCUT2D eigenvalue weighted by atomic mass is 32.2. The molecule has 26 heavy (non-hydrogen) atoms. The van der Waals surface area contributed by atoms with Gasteiger partial charge in [0, 0.05) is 5.69 Å². The molecule has 2 rings (SSSR count). The molecule has 4 N–H and O–H groups in total. The van der Waals surface area contributed by atoms with Crippen LogP contribution in [0.15, 0.2) is 18.2 Å². The Bertz CT molecular complexity index is 680. The van der Waals surface area contributed by atoms with Crippen LogP contribution in [0.1, 0.15) is 30.9 Å². The fourth-order valence-electron chi connectivity index (χ4n) is 2.86. The normalized spacial score (nSPS) is 14.8. The molecule has 3 amide bonds. The van der Waals surface area contributed by atoms with Crippen LogP contribution in [0.2, 0.25) is 0 Å². The van der Waals surface area contributed by atoms with Gasteiger partial charge in [0.15, 0.2) is 6.10 Å². The maximum absolute atomic E-state index is 12.3. The molecule has 0 saturated carbocycles. The molecule has 0 aliphatic heterocycles. The minimum atomic E-state index is -0.984. The van der Waals surface area contributed by atoms with Gasteiger partial charge in [0.05, 0.1) is 0 Å². The van der Waals surface area contributed by atoms with E-state index in [-0.39, 0.29) is 0 Å². The maximum atomic E-state index is 12.3. The van der Waals surface area contributed by atoms with Crippen molar-refractivity contribution in [3.8, 4) is 0 Å². The van der Waals surface area contributed by atoms with Gasteiger partial charge in [-0.2, -0.15) is 11.8 Å². The number of benzene rings is 1. The number of rotatable bonds is 8. The molecule has 142 valence electrons. The van der Waals surface area contributed by atoms with Crippen molar-refractivity contribution in [1.82, 2.24) is 5.32 Å². The number of carbonyl (C=O) groups is 3. The van der Waals surface area contributed by atoms with E-state index in [9.17, 15) is 14.4 Å². The zero-order valence-electron chi connectivity index (χ0n) is 15.0. The third-order valence-electron chi connectivity index (χ3n) is 4.24. The average molecular weight is 379 g/mol. The van der Waals surface area contributed by atoms with Crippen LogP contribution in [0.25, 0.3) is 0 Å². The molecule has 1 aliphatic carbocycles. The summed E-state index contributed by atoms with van der Waals surface area (Å²) >= 11 is 1.53. The van der Waals surface area contributed by atoms with Crippen LogP contribution in [0.3, 0.4) is 0 Å². The average Bonchev–Trinajstić information content (AvgIpc) is 3.05. The molecule has 0 saturated heterocycles. The predicted molar refractivity (Wildman–Crippen MR) is 102 cm³/mol. The number of nitrogens with one attached hydrogen (secondary N) is 2. The van der Waals surface area contributed by atoms with E-state index < -0.39 is 30.1 Å². The number of anilines is 1. The summed E-state index contributed by atoms with van der Waals surface area (Å²) < 4.78 is 5.21. The Balaban J connectivity index is 1.92. The number of fused-ring (bicyclic) bond motifs is 1. The van der Waals surface area contributed by atoms with Crippen molar-refractivity contribution < 1.29 is 19.1 Å². The molecule has 0 bridgehead atoms. The number of amides is 3. The Morgan fingerprint density at radius 2 is 2.00 bits per heavy atom. The second-order valence-corrected chi connectivity index (χ2v) is 7.23. The van der Waals surface area contributed by atoms with E-state index in [1.807, 2.05) is 24.5 Å². The van der Waals surface area contributed by atoms with Gasteiger partial charge in [-0.1, -0.05) is 6.07 Å². The highest BCUT2D eigenvalue weighted by molar-refractivity contribution is 7.98. The molecule has 0 heterocycles. The Morgan fingerprint density at radius 1 is 1.27 bits per heavy atom. The summed E-state index contributed by atoms with van der Waals surface area (Å²) in [7, 11) is 0. The minimum absolute atomic E-state index is 0.377. The largest absolute Gasteiger partial charge is 0.451 e. The molecular formula is C18H25N3O4S. The summed E-state index contributed by atoms with van der Waals surface area (Å²) in [6.07, 6.45) is 4.50. The summed E-state index contributed by atoms with van der Waals surface area (Å²) in [5.41, 5.74) is 8.35. The van der Waals surface area contributed by atoms with Crippen molar-refractivity contribution in [2.24, 2.45) is 5.73 Å². The Kier molecular flexibility index (Phi) is 7.32. The zero-order valence-corrected chi connectivity index (χ0v) is 15.9. The summed E-state index contributed by atoms with van der Waals surface area (Å²) in [6.45, 7) is 1.50. The maximum Gasteiger partial charge on any atom is 0.329 e. The van der Waals surface area contributed by atoms with Crippen LogP contribution in [-0.4, -0.2) is 42.1 Å². The van der Waals surface area contributed by atoms with Gasteiger partial charge in [-0.05, 0) is 67.9 Å². The summed E-state index contributed by atoms with van der Waals surface area (Å²) in [6, 6.07) is 4.17. The topological polar surface area (TPSA) is 111 Å². The number of ether oxygens (including phenoxy) is 1. The van der Waals surface area contributed by atoms with Crippen LogP contribution < -0.4 is 16.4 Å². The van der Waals surface area contributed by atoms with Gasteiger partial charge in [0.25, 0.3) is 5.91 Å². The van der Waals surface area contributed by atoms with Crippen LogP contribution in [0.5, 0.6) is 0 Å². The lowest BCUT2D eigenvalue weighted by Gasteiger charge is -2.19. The van der Waals surface area contributed by atoms with E-state index in [1.54, 1.807) is 0 Å². The molecule has 0 fully saturated rings. The lowest BCUT2D eigenvalue weighted by atomic mass is 10.1. The number of nitrogens with two attached hydrogens (primary N) is 1. The predicted octanol–water partition coefficient (Wildman–Crippen LogP) is 1.84. The fourth-order valence-corrected chi connectivity index (χ4v) is 3.33. The molecule has 8 heteroatoms. The molecule has 0 aromatic heterocycles. The van der Waals surface area contributed by atoms with Gasteiger partial charge in [-0.15, -0.1) is 0 Å². The molecule has 0 spiro atoms. The highest BCUT2D eigenvalue weighted by Crippen LogP contribution is 2.25. The van der Waals surface area contributed by atoms with E-state index in [0.717, 1.165) is 19.3 Å². The number of thioether (sulfide) groups is 1. The summed E-state index contributed by atoms with van der Waals surface area (Å²) in [4.78, 5) is 35.6. The first-order chi connectivity index (χ1) is 12.4. The number of aryl methyl sites for hydroxylation is 2. The van der Waals surface area contributed by atoms with Gasteiger partial charge in [0.2, 0.25) is 0 Å². The SMILES string of the molecule is CSCC[C@H](NC(N)=O)C(=O)O[C@@H](C)C(=O)Nc1ccc2c(c1)CCC2. The number of carbonyl (C=O) groups excluding carboxylic acids is 3. The van der Waals surface area contributed by atoms with Crippen molar-refractivity contribution in [1.29, 1.82) is 0 Å². The van der Waals surface area contributed by atoms with Crippen molar-refractivity contribution in [3.05, 3.63) is 29.3 Å². The van der Waals surface area contributed by atoms with E-state index in [4.69, 9.17) is 10.5 Å². The summed E-state index contributed by atoms with van der Waals surface area (Å²) in [5, 5.41) is 5.12. The lowest BCUT2D eigenvalue weighted by molar-refractivity contribution is -0.155. The number of urea groups is 1. The quantitative estimate of drug-likeness (QED) is 0.597. The van der Waals surface area contributed by atoms with Crippen LogP contribution in [0, 0.1) is 0 Å².